The molecule has 1 atom stereocenters. The molecule has 2 aliphatic heterocycles. The molecular weight excluding hydrogens is 478 g/mol. The standard InChI is InChI=1S/C28H32F2N4O3/c29-22-14-21(15-23(30)16-22)27(36)7-11-32-9-3-20(4-10-32)26(18-35)33-12-5-19(6-13-33)25-17-31-28-24(25)2-1-8-34(28)37/h1-2,7-8,11,14-17,19-20,26,31,35H,3-6,9-10,12-13,18H2. The van der Waals surface area contributed by atoms with E-state index >= 15 is 0 Å². The molecule has 4 heterocycles. The summed E-state index contributed by atoms with van der Waals surface area (Å²) in [6, 6.07) is 6.68. The maximum Gasteiger partial charge on any atom is 0.289 e. The summed E-state index contributed by atoms with van der Waals surface area (Å²) in [6.45, 7) is 3.40. The number of aliphatic hydroxyl groups excluding tert-OH is 1. The Morgan fingerprint density at radius 3 is 2.51 bits per heavy atom. The lowest BCUT2D eigenvalue weighted by Crippen LogP contribution is -2.49. The monoisotopic (exact) mass is 510 g/mol. The zero-order valence-electron chi connectivity index (χ0n) is 20.7. The van der Waals surface area contributed by atoms with E-state index in [0.29, 0.717) is 17.5 Å². The number of benzene rings is 1. The largest absolute Gasteiger partial charge is 0.711 e. The van der Waals surface area contributed by atoms with Gasteiger partial charge >= 0.3 is 0 Å². The first-order valence-electron chi connectivity index (χ1n) is 12.9. The van der Waals surface area contributed by atoms with Crippen LogP contribution >= 0.6 is 0 Å². The predicted octanol–water partition coefficient (Wildman–Crippen LogP) is 3.73. The second kappa shape index (κ2) is 11.0. The minimum atomic E-state index is -0.770. The SMILES string of the molecule is O=C(C=CN1CCC(C(CO)N2CCC(c3c[nH]c4c3ccc[n+]4[O-])CC2)CC1)c1cc(F)cc(F)c1. The van der Waals surface area contributed by atoms with Crippen molar-refractivity contribution in [3.63, 3.8) is 0 Å². The van der Waals surface area contributed by atoms with E-state index in [4.69, 9.17) is 0 Å². The number of nitrogens with zero attached hydrogens (tertiary/aromatic N) is 3. The van der Waals surface area contributed by atoms with Crippen molar-refractivity contribution in [2.45, 2.75) is 37.6 Å². The normalized spacial score (nSPS) is 19.2. The molecule has 7 nitrogen and oxygen atoms in total. The van der Waals surface area contributed by atoms with Crippen LogP contribution in [-0.4, -0.2) is 64.5 Å². The fraction of sp³-hybridized carbons (Fsp3) is 0.429. The van der Waals surface area contributed by atoms with Crippen molar-refractivity contribution >= 4 is 16.8 Å². The summed E-state index contributed by atoms with van der Waals surface area (Å²) in [6.07, 6.45) is 10.3. The number of aromatic nitrogens is 2. The van der Waals surface area contributed by atoms with Crippen LogP contribution in [-0.2, 0) is 0 Å². The Kier molecular flexibility index (Phi) is 7.53. The summed E-state index contributed by atoms with van der Waals surface area (Å²) in [5.41, 5.74) is 1.78. The molecule has 2 aromatic heterocycles. The Bertz CT molecular complexity index is 1260. The van der Waals surface area contributed by atoms with Crippen molar-refractivity contribution in [2.24, 2.45) is 5.92 Å². The lowest BCUT2D eigenvalue weighted by atomic mass is 9.85. The lowest BCUT2D eigenvalue weighted by molar-refractivity contribution is -0.579. The molecule has 5 rings (SSSR count). The quantitative estimate of drug-likeness (QED) is 0.219. The van der Waals surface area contributed by atoms with Gasteiger partial charge in [0.05, 0.1) is 24.4 Å². The molecule has 0 spiro atoms. The lowest BCUT2D eigenvalue weighted by Gasteiger charge is -2.43. The Morgan fingerprint density at radius 1 is 1.14 bits per heavy atom. The predicted molar refractivity (Wildman–Crippen MR) is 136 cm³/mol. The number of fused-ring (bicyclic) bond motifs is 1. The first-order valence-corrected chi connectivity index (χ1v) is 12.9. The number of carbonyl (C=O) groups is 1. The number of hydrogen-bond acceptors (Lipinski definition) is 5. The Balaban J connectivity index is 1.14. The fourth-order valence-corrected chi connectivity index (χ4v) is 5.95. The van der Waals surface area contributed by atoms with E-state index in [9.17, 15) is 23.9 Å². The van der Waals surface area contributed by atoms with Crippen molar-refractivity contribution in [3.8, 4) is 0 Å². The van der Waals surface area contributed by atoms with Crippen LogP contribution < -0.4 is 4.73 Å². The van der Waals surface area contributed by atoms with Crippen LogP contribution in [0.25, 0.3) is 11.0 Å². The molecule has 1 unspecified atom stereocenters. The first kappa shape index (κ1) is 25.4. The van der Waals surface area contributed by atoms with Crippen molar-refractivity contribution in [1.82, 2.24) is 14.8 Å². The molecule has 37 heavy (non-hydrogen) atoms. The first-order chi connectivity index (χ1) is 17.9. The number of allylic oxidation sites excluding steroid dienone is 1. The van der Waals surface area contributed by atoms with Gasteiger partial charge in [-0.3, -0.25) is 9.69 Å². The molecule has 0 radical (unpaired) electrons. The molecule has 0 saturated carbocycles. The van der Waals surface area contributed by atoms with Gasteiger partial charge in [-0.2, -0.15) is 0 Å². The highest BCUT2D eigenvalue weighted by Crippen LogP contribution is 2.34. The van der Waals surface area contributed by atoms with Crippen LogP contribution in [0.2, 0.25) is 0 Å². The maximum atomic E-state index is 13.4. The Hall–Kier alpha value is -3.30. The van der Waals surface area contributed by atoms with Crippen molar-refractivity contribution in [3.05, 3.63) is 83.0 Å². The molecule has 0 amide bonds. The zero-order chi connectivity index (χ0) is 25.9. The van der Waals surface area contributed by atoms with E-state index in [1.807, 2.05) is 17.2 Å². The smallest absolute Gasteiger partial charge is 0.289 e. The molecule has 2 saturated heterocycles. The molecule has 2 N–H and O–H groups in total. The van der Waals surface area contributed by atoms with Gasteiger partial charge in [0.1, 0.15) is 11.6 Å². The van der Waals surface area contributed by atoms with Crippen LogP contribution in [0.5, 0.6) is 0 Å². The van der Waals surface area contributed by atoms with Gasteiger partial charge in [0.15, 0.2) is 5.78 Å². The van der Waals surface area contributed by atoms with Crippen molar-refractivity contribution in [1.29, 1.82) is 0 Å². The molecule has 2 fully saturated rings. The molecule has 196 valence electrons. The van der Waals surface area contributed by atoms with Crippen LogP contribution in [0.15, 0.2) is 55.0 Å². The van der Waals surface area contributed by atoms with Gasteiger partial charge in [-0.1, -0.05) is 0 Å². The number of pyridine rings is 1. The number of carbonyl (C=O) groups excluding carboxylic acids is 1. The van der Waals surface area contributed by atoms with Gasteiger partial charge < -0.3 is 15.2 Å². The number of hydrogen-bond donors (Lipinski definition) is 2. The summed E-state index contributed by atoms with van der Waals surface area (Å²) < 4.78 is 27.7. The van der Waals surface area contributed by atoms with Crippen LogP contribution in [0.3, 0.4) is 0 Å². The molecule has 1 aromatic carbocycles. The third kappa shape index (κ3) is 5.52. The Morgan fingerprint density at radius 2 is 1.84 bits per heavy atom. The molecule has 0 bridgehead atoms. The number of H-pyrrole nitrogens is 1. The summed E-state index contributed by atoms with van der Waals surface area (Å²) >= 11 is 0. The van der Waals surface area contributed by atoms with Gasteiger partial charge in [-0.15, -0.1) is 0 Å². The Labute approximate surface area is 214 Å². The molecular formula is C28H32F2N4O3. The molecule has 9 heteroatoms. The average Bonchev–Trinajstić information content (AvgIpc) is 3.34. The topological polar surface area (TPSA) is 86.5 Å². The number of ketones is 1. The van der Waals surface area contributed by atoms with E-state index in [-0.39, 0.29) is 18.2 Å². The number of nitrogens with one attached hydrogen (secondary N) is 1. The summed E-state index contributed by atoms with van der Waals surface area (Å²) in [7, 11) is 0. The zero-order valence-corrected chi connectivity index (χ0v) is 20.7. The van der Waals surface area contributed by atoms with Crippen molar-refractivity contribution in [2.75, 3.05) is 32.8 Å². The minimum absolute atomic E-state index is 0.00718. The van der Waals surface area contributed by atoms with E-state index in [1.165, 1.54) is 17.8 Å². The number of aliphatic hydroxyl groups is 1. The second-order valence-electron chi connectivity index (χ2n) is 10.1. The van der Waals surface area contributed by atoms with Crippen LogP contribution in [0.4, 0.5) is 8.78 Å². The van der Waals surface area contributed by atoms with E-state index in [1.54, 1.807) is 12.3 Å². The van der Waals surface area contributed by atoms with Gasteiger partial charge in [0.25, 0.3) is 5.65 Å². The summed E-state index contributed by atoms with van der Waals surface area (Å²) in [4.78, 5) is 19.9. The number of halogens is 2. The fourth-order valence-electron chi connectivity index (χ4n) is 5.95. The second-order valence-corrected chi connectivity index (χ2v) is 10.1. The number of likely N-dealkylation sites (tertiary alicyclic amines) is 2. The third-order valence-corrected chi connectivity index (χ3v) is 7.96. The third-order valence-electron chi connectivity index (χ3n) is 7.96. The average molecular weight is 511 g/mol. The van der Waals surface area contributed by atoms with Gasteiger partial charge in [0.2, 0.25) is 0 Å². The highest BCUT2D eigenvalue weighted by atomic mass is 19.1. The van der Waals surface area contributed by atoms with Crippen LogP contribution in [0, 0.1) is 22.8 Å². The molecule has 3 aromatic rings. The number of rotatable bonds is 7. The van der Waals surface area contributed by atoms with E-state index in [0.717, 1.165) is 80.2 Å². The van der Waals surface area contributed by atoms with Gasteiger partial charge in [-0.05, 0) is 74.9 Å². The van der Waals surface area contributed by atoms with E-state index in [2.05, 4.69) is 9.88 Å². The summed E-state index contributed by atoms with van der Waals surface area (Å²) in [5.74, 6) is -1.24. The highest BCUT2D eigenvalue weighted by Gasteiger charge is 2.33. The van der Waals surface area contributed by atoms with Crippen LogP contribution in [0.1, 0.15) is 47.5 Å². The summed E-state index contributed by atoms with van der Waals surface area (Å²) in [5, 5.41) is 23.2. The maximum absolute atomic E-state index is 13.4. The van der Waals surface area contributed by atoms with E-state index < -0.39 is 17.4 Å². The van der Waals surface area contributed by atoms with Gasteiger partial charge in [0, 0.05) is 48.6 Å². The minimum Gasteiger partial charge on any atom is -0.711 e. The molecule has 2 aliphatic rings. The van der Waals surface area contributed by atoms with Crippen molar-refractivity contribution < 1.29 is 23.4 Å². The number of piperidine rings is 2. The highest BCUT2D eigenvalue weighted by molar-refractivity contribution is 6.04. The molecule has 0 aliphatic carbocycles. The van der Waals surface area contributed by atoms with Gasteiger partial charge in [-0.25, -0.2) is 18.5 Å². The number of aromatic amines is 1.